The van der Waals surface area contributed by atoms with Crippen LogP contribution in [0.3, 0.4) is 0 Å². The fourth-order valence-corrected chi connectivity index (χ4v) is 2.10. The summed E-state index contributed by atoms with van der Waals surface area (Å²) < 4.78 is 5.44. The van der Waals surface area contributed by atoms with Crippen LogP contribution in [0.2, 0.25) is 0 Å². The lowest BCUT2D eigenvalue weighted by Crippen LogP contribution is -2.32. The Balaban J connectivity index is 1.61. The Kier molecular flexibility index (Phi) is 5.39. The van der Waals surface area contributed by atoms with E-state index >= 15 is 0 Å². The van der Waals surface area contributed by atoms with Gasteiger partial charge in [-0.2, -0.15) is 5.26 Å². The zero-order chi connectivity index (χ0) is 14.2. The zero-order valence-electron chi connectivity index (χ0n) is 11.4. The first-order chi connectivity index (χ1) is 9.78. The van der Waals surface area contributed by atoms with E-state index in [1.165, 1.54) is 0 Å². The first kappa shape index (κ1) is 14.4. The summed E-state index contributed by atoms with van der Waals surface area (Å²) in [4.78, 5) is 11.6. The highest BCUT2D eigenvalue weighted by Gasteiger charge is 2.15. The van der Waals surface area contributed by atoms with Crippen molar-refractivity contribution in [3.05, 3.63) is 29.8 Å². The monoisotopic (exact) mass is 273 g/mol. The van der Waals surface area contributed by atoms with E-state index < -0.39 is 0 Å². The van der Waals surface area contributed by atoms with Crippen LogP contribution >= 0.6 is 0 Å². The fourth-order valence-electron chi connectivity index (χ4n) is 2.10. The average Bonchev–Trinajstić information content (AvgIpc) is 2.99. The van der Waals surface area contributed by atoms with Crippen molar-refractivity contribution in [3.63, 3.8) is 0 Å². The number of hydrogen-bond donors (Lipinski definition) is 2. The van der Waals surface area contributed by atoms with Crippen LogP contribution in [0.25, 0.3) is 0 Å². The molecule has 1 saturated heterocycles. The third-order valence-electron chi connectivity index (χ3n) is 3.25. The molecular formula is C15H19N3O2. The van der Waals surface area contributed by atoms with Crippen molar-refractivity contribution in [1.29, 1.82) is 5.26 Å². The summed E-state index contributed by atoms with van der Waals surface area (Å²) >= 11 is 0. The molecule has 0 aliphatic carbocycles. The Morgan fingerprint density at radius 3 is 2.85 bits per heavy atom. The van der Waals surface area contributed by atoms with E-state index in [9.17, 15) is 4.79 Å². The van der Waals surface area contributed by atoms with Gasteiger partial charge in [0.1, 0.15) is 0 Å². The number of benzene rings is 1. The number of nitrogens with zero attached hydrogens (tertiary/aromatic N) is 1. The van der Waals surface area contributed by atoms with Gasteiger partial charge in [0.05, 0.1) is 17.7 Å². The smallest absolute Gasteiger partial charge is 0.221 e. The predicted octanol–water partition coefficient (Wildman–Crippen LogP) is 1.66. The maximum Gasteiger partial charge on any atom is 0.221 e. The summed E-state index contributed by atoms with van der Waals surface area (Å²) in [5.74, 6) is 0.0293. The number of nitriles is 1. The van der Waals surface area contributed by atoms with E-state index in [-0.39, 0.29) is 12.0 Å². The van der Waals surface area contributed by atoms with Crippen molar-refractivity contribution in [2.24, 2.45) is 0 Å². The number of carbonyl (C=O) groups excluding carboxylic acids is 1. The van der Waals surface area contributed by atoms with Crippen LogP contribution in [0.4, 0.5) is 5.69 Å². The van der Waals surface area contributed by atoms with Crippen LogP contribution in [0.1, 0.15) is 24.8 Å². The molecule has 1 heterocycles. The predicted molar refractivity (Wildman–Crippen MR) is 76.2 cm³/mol. The number of hydrogen-bond acceptors (Lipinski definition) is 4. The van der Waals surface area contributed by atoms with E-state index in [4.69, 9.17) is 10.00 Å². The SMILES string of the molecule is N#Cc1ccc(NCCC(=O)NCC2CCCO2)cc1. The minimum atomic E-state index is 0.0293. The maximum atomic E-state index is 11.6. The van der Waals surface area contributed by atoms with Crippen LogP contribution in [0.5, 0.6) is 0 Å². The van der Waals surface area contributed by atoms with Crippen molar-refractivity contribution in [3.8, 4) is 6.07 Å². The number of nitrogens with one attached hydrogen (secondary N) is 2. The van der Waals surface area contributed by atoms with Gasteiger partial charge >= 0.3 is 0 Å². The largest absolute Gasteiger partial charge is 0.385 e. The second-order valence-corrected chi connectivity index (χ2v) is 4.81. The molecule has 5 nitrogen and oxygen atoms in total. The normalized spacial score (nSPS) is 17.4. The summed E-state index contributed by atoms with van der Waals surface area (Å²) in [5.41, 5.74) is 1.54. The lowest BCUT2D eigenvalue weighted by atomic mass is 10.2. The highest BCUT2D eigenvalue weighted by Crippen LogP contribution is 2.11. The van der Waals surface area contributed by atoms with Gasteiger partial charge in [0.2, 0.25) is 5.91 Å². The molecule has 0 aromatic heterocycles. The second kappa shape index (κ2) is 7.51. The third-order valence-corrected chi connectivity index (χ3v) is 3.25. The number of rotatable bonds is 6. The molecule has 1 fully saturated rings. The molecule has 106 valence electrons. The molecule has 0 bridgehead atoms. The van der Waals surface area contributed by atoms with Crippen LogP contribution in [0.15, 0.2) is 24.3 Å². The first-order valence-electron chi connectivity index (χ1n) is 6.90. The lowest BCUT2D eigenvalue weighted by Gasteiger charge is -2.11. The lowest BCUT2D eigenvalue weighted by molar-refractivity contribution is -0.121. The molecule has 1 aromatic rings. The molecule has 1 atom stereocenters. The molecule has 2 rings (SSSR count). The van der Waals surface area contributed by atoms with Crippen molar-refractivity contribution in [2.75, 3.05) is 25.0 Å². The van der Waals surface area contributed by atoms with Crippen LogP contribution < -0.4 is 10.6 Å². The molecular weight excluding hydrogens is 254 g/mol. The Labute approximate surface area is 118 Å². The van der Waals surface area contributed by atoms with Crippen molar-refractivity contribution < 1.29 is 9.53 Å². The molecule has 1 aliphatic rings. The molecule has 20 heavy (non-hydrogen) atoms. The van der Waals surface area contributed by atoms with Gasteiger partial charge in [-0.15, -0.1) is 0 Å². The molecule has 1 amide bonds. The van der Waals surface area contributed by atoms with Crippen LogP contribution in [-0.4, -0.2) is 31.7 Å². The molecule has 1 unspecified atom stereocenters. The average molecular weight is 273 g/mol. The Morgan fingerprint density at radius 2 is 2.20 bits per heavy atom. The van der Waals surface area contributed by atoms with Gasteiger partial charge < -0.3 is 15.4 Å². The second-order valence-electron chi connectivity index (χ2n) is 4.81. The molecule has 2 N–H and O–H groups in total. The molecule has 0 saturated carbocycles. The number of amides is 1. The highest BCUT2D eigenvalue weighted by atomic mass is 16.5. The van der Waals surface area contributed by atoms with Crippen LogP contribution in [0, 0.1) is 11.3 Å². The Hall–Kier alpha value is -2.06. The molecule has 0 spiro atoms. The minimum absolute atomic E-state index is 0.0293. The van der Waals surface area contributed by atoms with Crippen molar-refractivity contribution in [2.45, 2.75) is 25.4 Å². The van der Waals surface area contributed by atoms with Gasteiger partial charge in [0.25, 0.3) is 0 Å². The summed E-state index contributed by atoms with van der Waals surface area (Å²) in [6.07, 6.45) is 2.72. The van der Waals surface area contributed by atoms with Gasteiger partial charge in [-0.3, -0.25) is 4.79 Å². The molecule has 0 radical (unpaired) electrons. The number of carbonyl (C=O) groups is 1. The van der Waals surface area contributed by atoms with Gasteiger partial charge in [-0.25, -0.2) is 0 Å². The van der Waals surface area contributed by atoms with Crippen molar-refractivity contribution >= 4 is 11.6 Å². The topological polar surface area (TPSA) is 74.2 Å². The van der Waals surface area contributed by atoms with E-state index in [1.54, 1.807) is 12.1 Å². The minimum Gasteiger partial charge on any atom is -0.385 e. The molecule has 5 heteroatoms. The molecule has 1 aromatic carbocycles. The van der Waals surface area contributed by atoms with E-state index in [1.807, 2.05) is 12.1 Å². The molecule has 1 aliphatic heterocycles. The van der Waals surface area contributed by atoms with E-state index in [0.717, 1.165) is 25.1 Å². The van der Waals surface area contributed by atoms with Gasteiger partial charge in [0, 0.05) is 31.8 Å². The Bertz CT molecular complexity index is 473. The van der Waals surface area contributed by atoms with Crippen molar-refractivity contribution in [1.82, 2.24) is 5.32 Å². The summed E-state index contributed by atoms with van der Waals surface area (Å²) in [6.45, 7) is 1.99. The third kappa shape index (κ3) is 4.56. The van der Waals surface area contributed by atoms with Gasteiger partial charge in [-0.1, -0.05) is 0 Å². The summed E-state index contributed by atoms with van der Waals surface area (Å²) in [7, 11) is 0. The number of ether oxygens (including phenoxy) is 1. The van der Waals surface area contributed by atoms with Gasteiger partial charge in [0.15, 0.2) is 0 Å². The summed E-state index contributed by atoms with van der Waals surface area (Å²) in [6, 6.07) is 9.24. The highest BCUT2D eigenvalue weighted by molar-refractivity contribution is 5.76. The standard InChI is InChI=1S/C15H19N3O2/c16-10-12-3-5-13(6-4-12)17-8-7-15(19)18-11-14-2-1-9-20-14/h3-6,14,17H,1-2,7-9,11H2,(H,18,19). The number of anilines is 1. The Morgan fingerprint density at radius 1 is 1.40 bits per heavy atom. The zero-order valence-corrected chi connectivity index (χ0v) is 11.4. The van der Waals surface area contributed by atoms with Gasteiger partial charge in [-0.05, 0) is 37.1 Å². The van der Waals surface area contributed by atoms with Crippen LogP contribution in [-0.2, 0) is 9.53 Å². The first-order valence-corrected chi connectivity index (χ1v) is 6.90. The summed E-state index contributed by atoms with van der Waals surface area (Å²) in [5, 5.41) is 14.7. The fraction of sp³-hybridized carbons (Fsp3) is 0.467. The van der Waals surface area contributed by atoms with E-state index in [2.05, 4.69) is 16.7 Å². The van der Waals surface area contributed by atoms with E-state index in [0.29, 0.717) is 25.1 Å². The quantitative estimate of drug-likeness (QED) is 0.826. The maximum absolute atomic E-state index is 11.6.